The minimum absolute atomic E-state index is 1.25. The van der Waals surface area contributed by atoms with Crippen LogP contribution in [0.3, 0.4) is 0 Å². The van der Waals surface area contributed by atoms with Gasteiger partial charge in [0, 0.05) is 11.6 Å². The van der Waals surface area contributed by atoms with E-state index >= 15 is 0 Å². The molecule has 0 spiro atoms. The molecule has 0 atom stereocenters. The minimum atomic E-state index is 1.25. The monoisotopic (exact) mass is 129 g/mol. The maximum Gasteiger partial charge on any atom is 0.0406 e. The smallest absolute Gasteiger partial charge is 0.0406 e. The second kappa shape index (κ2) is 6.63. The summed E-state index contributed by atoms with van der Waals surface area (Å²) in [5.74, 6) is 0. The van der Waals surface area contributed by atoms with Crippen LogP contribution in [0.1, 0.15) is 20.3 Å². The molecule has 1 aromatic rings. The van der Waals surface area contributed by atoms with Gasteiger partial charge in [-0.3, -0.25) is 0 Å². The fraction of sp³-hybridized carbons (Fsp3) is 0.500. The van der Waals surface area contributed by atoms with Crippen molar-refractivity contribution in [3.8, 4) is 0 Å². The van der Waals surface area contributed by atoms with Crippen molar-refractivity contribution in [1.82, 2.24) is 4.37 Å². The quantitative estimate of drug-likeness (QED) is 0.524. The normalized spacial score (nSPS) is 7.25. The van der Waals surface area contributed by atoms with E-state index in [4.69, 9.17) is 0 Å². The largest absolute Gasteiger partial charge is 0.201 e. The van der Waals surface area contributed by atoms with E-state index in [1.54, 1.807) is 6.20 Å². The maximum absolute atomic E-state index is 3.76. The van der Waals surface area contributed by atoms with Crippen molar-refractivity contribution in [2.24, 2.45) is 0 Å². The molecule has 1 heterocycles. The van der Waals surface area contributed by atoms with Gasteiger partial charge in [0.05, 0.1) is 0 Å². The second-order valence-electron chi connectivity index (χ2n) is 1.40. The minimum Gasteiger partial charge on any atom is -0.201 e. The number of hydrogen-bond donors (Lipinski definition) is 0. The molecule has 0 fully saturated rings. The topological polar surface area (TPSA) is 12.9 Å². The molecule has 0 saturated carbocycles. The third-order valence-corrected chi connectivity index (χ3v) is 0.869. The van der Waals surface area contributed by atoms with E-state index < -0.39 is 0 Å². The van der Waals surface area contributed by atoms with Crippen LogP contribution >= 0.6 is 11.5 Å². The maximum atomic E-state index is 3.76. The summed E-state index contributed by atoms with van der Waals surface area (Å²) in [6.45, 7) is 4.25. The van der Waals surface area contributed by atoms with Crippen LogP contribution < -0.4 is 0 Å². The SMILES string of the molecule is CCC.c1cnsc1. The summed E-state index contributed by atoms with van der Waals surface area (Å²) in [5, 5.41) is 1.93. The summed E-state index contributed by atoms with van der Waals surface area (Å²) in [7, 11) is 0. The standard InChI is InChI=1S/C3H3NS.C3H8/c1-2-4-5-3-1;1-3-2/h1-3H;3H2,1-2H3. The number of aromatic nitrogens is 1. The number of hydrogen-bond acceptors (Lipinski definition) is 2. The van der Waals surface area contributed by atoms with Gasteiger partial charge < -0.3 is 0 Å². The van der Waals surface area contributed by atoms with Gasteiger partial charge in [-0.25, -0.2) is 4.37 Å². The third-order valence-electron chi connectivity index (χ3n) is 0.347. The van der Waals surface area contributed by atoms with Gasteiger partial charge in [-0.1, -0.05) is 20.3 Å². The Bertz CT molecular complexity index is 75.4. The average Bonchev–Trinajstić information content (AvgIpc) is 2.17. The van der Waals surface area contributed by atoms with E-state index in [0.717, 1.165) is 0 Å². The van der Waals surface area contributed by atoms with Crippen LogP contribution in [0.4, 0.5) is 0 Å². The van der Waals surface area contributed by atoms with Crippen LogP contribution in [0.25, 0.3) is 0 Å². The Hall–Kier alpha value is -0.370. The molecule has 0 radical (unpaired) electrons. The first-order valence-electron chi connectivity index (χ1n) is 2.76. The molecule has 0 aliphatic heterocycles. The van der Waals surface area contributed by atoms with Crippen LogP contribution in [0.2, 0.25) is 0 Å². The van der Waals surface area contributed by atoms with Gasteiger partial charge in [-0.15, -0.1) is 0 Å². The summed E-state index contributed by atoms with van der Waals surface area (Å²) < 4.78 is 3.76. The lowest BCUT2D eigenvalue weighted by Gasteiger charge is -1.48. The first-order valence-corrected chi connectivity index (χ1v) is 3.59. The molecule has 0 N–H and O–H groups in total. The highest BCUT2D eigenvalue weighted by molar-refractivity contribution is 7.03. The summed E-state index contributed by atoms with van der Waals surface area (Å²) in [4.78, 5) is 0. The molecule has 1 aromatic heterocycles. The summed E-state index contributed by atoms with van der Waals surface area (Å²) >= 11 is 1.46. The lowest BCUT2D eigenvalue weighted by molar-refractivity contribution is 1.09. The average molecular weight is 129 g/mol. The Balaban J connectivity index is 0.000000145. The molecule has 2 heteroatoms. The predicted molar refractivity (Wildman–Crippen MR) is 38.1 cm³/mol. The van der Waals surface area contributed by atoms with E-state index in [2.05, 4.69) is 18.2 Å². The molecule has 0 aliphatic rings. The van der Waals surface area contributed by atoms with Crippen molar-refractivity contribution in [3.05, 3.63) is 17.6 Å². The van der Waals surface area contributed by atoms with Crippen molar-refractivity contribution in [2.75, 3.05) is 0 Å². The third kappa shape index (κ3) is 5.63. The molecule has 0 amide bonds. The van der Waals surface area contributed by atoms with Gasteiger partial charge in [0.25, 0.3) is 0 Å². The van der Waals surface area contributed by atoms with Crippen LogP contribution in [0.5, 0.6) is 0 Å². The predicted octanol–water partition coefficient (Wildman–Crippen LogP) is 2.56. The van der Waals surface area contributed by atoms with Gasteiger partial charge in [0.1, 0.15) is 0 Å². The molecule has 8 heavy (non-hydrogen) atoms. The Morgan fingerprint density at radius 1 is 1.50 bits per heavy atom. The first-order chi connectivity index (χ1) is 3.91. The fourth-order valence-corrected chi connectivity index (χ4v) is 0.527. The molecule has 46 valence electrons. The first kappa shape index (κ1) is 7.63. The van der Waals surface area contributed by atoms with Crippen LogP contribution in [-0.4, -0.2) is 4.37 Å². The lowest BCUT2D eigenvalue weighted by atomic mass is 10.6. The van der Waals surface area contributed by atoms with E-state index in [9.17, 15) is 0 Å². The molecule has 0 aromatic carbocycles. The van der Waals surface area contributed by atoms with Gasteiger partial charge in [-0.05, 0) is 17.6 Å². The highest BCUT2D eigenvalue weighted by Gasteiger charge is 1.59. The molecule has 0 unspecified atom stereocenters. The molecular weight excluding hydrogens is 118 g/mol. The van der Waals surface area contributed by atoms with E-state index in [0.29, 0.717) is 0 Å². The Morgan fingerprint density at radius 3 is 2.25 bits per heavy atom. The van der Waals surface area contributed by atoms with Crippen LogP contribution in [-0.2, 0) is 0 Å². The van der Waals surface area contributed by atoms with Crippen molar-refractivity contribution in [3.63, 3.8) is 0 Å². The van der Waals surface area contributed by atoms with Gasteiger partial charge >= 0.3 is 0 Å². The van der Waals surface area contributed by atoms with Gasteiger partial charge in [0.15, 0.2) is 0 Å². The summed E-state index contributed by atoms with van der Waals surface area (Å²) in [5.41, 5.74) is 0. The molecule has 0 bridgehead atoms. The number of nitrogens with zero attached hydrogens (tertiary/aromatic N) is 1. The van der Waals surface area contributed by atoms with Gasteiger partial charge in [0.2, 0.25) is 0 Å². The van der Waals surface area contributed by atoms with E-state index in [-0.39, 0.29) is 0 Å². The molecule has 0 aliphatic carbocycles. The Kier molecular flexibility index (Phi) is 6.32. The van der Waals surface area contributed by atoms with Crippen LogP contribution in [0, 0.1) is 0 Å². The van der Waals surface area contributed by atoms with Crippen molar-refractivity contribution in [2.45, 2.75) is 20.3 Å². The lowest BCUT2D eigenvalue weighted by Crippen LogP contribution is -1.32. The Labute approximate surface area is 54.5 Å². The van der Waals surface area contributed by atoms with Crippen molar-refractivity contribution in [1.29, 1.82) is 0 Å². The van der Waals surface area contributed by atoms with Crippen molar-refractivity contribution < 1.29 is 0 Å². The van der Waals surface area contributed by atoms with E-state index in [1.165, 1.54) is 18.0 Å². The second-order valence-corrected chi connectivity index (χ2v) is 2.09. The highest BCUT2D eigenvalue weighted by Crippen LogP contribution is 1.83. The zero-order chi connectivity index (χ0) is 6.24. The fourth-order valence-electron chi connectivity index (χ4n) is 0.176. The summed E-state index contributed by atoms with van der Waals surface area (Å²) in [6, 6.07) is 1.91. The molecular formula is C6H11NS. The highest BCUT2D eigenvalue weighted by atomic mass is 32.1. The molecule has 1 rings (SSSR count). The molecule has 0 saturated heterocycles. The zero-order valence-corrected chi connectivity index (χ0v) is 6.11. The van der Waals surface area contributed by atoms with Crippen LogP contribution in [0.15, 0.2) is 17.6 Å². The molecule has 1 nitrogen and oxygen atoms in total. The zero-order valence-electron chi connectivity index (χ0n) is 5.29. The van der Waals surface area contributed by atoms with Gasteiger partial charge in [-0.2, -0.15) is 0 Å². The summed E-state index contributed by atoms with van der Waals surface area (Å²) in [6.07, 6.45) is 3.02. The Morgan fingerprint density at radius 2 is 2.12 bits per heavy atom. The van der Waals surface area contributed by atoms with E-state index in [1.807, 2.05) is 11.4 Å². The van der Waals surface area contributed by atoms with Crippen molar-refractivity contribution >= 4 is 11.5 Å². The number of rotatable bonds is 0.